The molecule has 11 heavy (non-hydrogen) atoms. The number of hydrogen-bond donors (Lipinski definition) is 2. The highest BCUT2D eigenvalue weighted by Gasteiger charge is 2.18. The molecule has 0 aromatic carbocycles. The van der Waals surface area contributed by atoms with Gasteiger partial charge in [-0.25, -0.2) is 4.98 Å². The van der Waals surface area contributed by atoms with Crippen molar-refractivity contribution in [3.8, 4) is 0 Å². The first-order chi connectivity index (χ1) is 4.91. The fraction of sp³-hybridized carbons (Fsp3) is 0. The Labute approximate surface area is 71.6 Å². The van der Waals surface area contributed by atoms with Crippen molar-refractivity contribution in [3.63, 3.8) is 0 Å². The first-order valence-electron chi connectivity index (χ1n) is 2.30. The van der Waals surface area contributed by atoms with Gasteiger partial charge in [0, 0.05) is 0 Å². The molecule has 0 unspecified atom stereocenters. The van der Waals surface area contributed by atoms with Crippen LogP contribution in [0.5, 0.6) is 0 Å². The number of rotatable bonds is 1. The summed E-state index contributed by atoms with van der Waals surface area (Å²) in [4.78, 5) is 3.40. The lowest BCUT2D eigenvalue weighted by molar-refractivity contribution is 0.486. The van der Waals surface area contributed by atoms with E-state index in [1.165, 1.54) is 0 Å². The number of hydrogen-bond acceptors (Lipinski definition) is 5. The van der Waals surface area contributed by atoms with Crippen molar-refractivity contribution in [2.45, 2.75) is 4.21 Å². The molecule has 62 valence electrons. The predicted octanol–water partition coefficient (Wildman–Crippen LogP) is 0.625. The normalized spacial score (nSPS) is 11.8. The zero-order valence-corrected chi connectivity index (χ0v) is 7.37. The highest BCUT2D eigenvalue weighted by Crippen LogP contribution is 2.28. The van der Waals surface area contributed by atoms with Gasteiger partial charge in [-0.1, -0.05) is 22.9 Å². The van der Waals surface area contributed by atoms with Crippen LogP contribution in [-0.2, 0) is 10.1 Å². The maximum Gasteiger partial charge on any atom is 0.307 e. The Hall–Kier alpha value is -0.370. The van der Waals surface area contributed by atoms with Crippen LogP contribution in [0.1, 0.15) is 0 Å². The summed E-state index contributed by atoms with van der Waals surface area (Å²) in [6.07, 6.45) is 0. The average Bonchev–Trinajstić information content (AvgIpc) is 2.08. The molecule has 0 amide bonds. The van der Waals surface area contributed by atoms with Crippen molar-refractivity contribution in [2.75, 3.05) is 5.73 Å². The minimum atomic E-state index is -4.27. The minimum absolute atomic E-state index is 0.0184. The number of halogens is 1. The first kappa shape index (κ1) is 8.72. The lowest BCUT2D eigenvalue weighted by Gasteiger charge is -1.88. The highest BCUT2D eigenvalue weighted by molar-refractivity contribution is 7.88. The molecule has 1 heterocycles. The van der Waals surface area contributed by atoms with E-state index >= 15 is 0 Å². The molecule has 1 aromatic rings. The average molecular weight is 215 g/mol. The van der Waals surface area contributed by atoms with E-state index in [0.717, 1.165) is 0 Å². The monoisotopic (exact) mass is 214 g/mol. The van der Waals surface area contributed by atoms with E-state index in [9.17, 15) is 8.42 Å². The molecule has 0 saturated carbocycles. The minimum Gasteiger partial charge on any atom is -0.382 e. The van der Waals surface area contributed by atoms with Gasteiger partial charge in [0.25, 0.3) is 0 Å². The lowest BCUT2D eigenvalue weighted by Crippen LogP contribution is -1.99. The standard InChI is InChI=1S/C3H3ClN2O3S2/c4-3-6-1(5)2(10-3)11(7,8)9/h5H2,(H,7,8,9). The van der Waals surface area contributed by atoms with Crippen LogP contribution in [0.15, 0.2) is 4.21 Å². The van der Waals surface area contributed by atoms with Gasteiger partial charge in [0.15, 0.2) is 14.5 Å². The third kappa shape index (κ3) is 1.80. The Bertz CT molecular complexity index is 370. The van der Waals surface area contributed by atoms with Crippen molar-refractivity contribution < 1.29 is 13.0 Å². The predicted molar refractivity (Wildman–Crippen MR) is 41.4 cm³/mol. The van der Waals surface area contributed by atoms with Crippen LogP contribution in [-0.4, -0.2) is 18.0 Å². The molecule has 0 aliphatic rings. The van der Waals surface area contributed by atoms with E-state index in [1.807, 2.05) is 0 Å². The summed E-state index contributed by atoms with van der Waals surface area (Å²) in [6, 6.07) is 0. The first-order valence-corrected chi connectivity index (χ1v) is 4.94. The van der Waals surface area contributed by atoms with Crippen molar-refractivity contribution >= 4 is 38.9 Å². The van der Waals surface area contributed by atoms with Crippen LogP contribution in [0.25, 0.3) is 0 Å². The number of aromatic nitrogens is 1. The fourth-order valence-electron chi connectivity index (χ4n) is 0.477. The van der Waals surface area contributed by atoms with Crippen LogP contribution in [0.3, 0.4) is 0 Å². The van der Waals surface area contributed by atoms with Gasteiger partial charge in [0.2, 0.25) is 0 Å². The summed E-state index contributed by atoms with van der Waals surface area (Å²) in [5.41, 5.74) is 5.10. The Morgan fingerprint density at radius 2 is 2.18 bits per heavy atom. The van der Waals surface area contributed by atoms with E-state index < -0.39 is 14.3 Å². The van der Waals surface area contributed by atoms with E-state index in [4.69, 9.17) is 21.9 Å². The molecule has 0 aliphatic heterocycles. The number of thiazole rings is 1. The van der Waals surface area contributed by atoms with Crippen molar-refractivity contribution in [1.82, 2.24) is 4.98 Å². The second-order valence-corrected chi connectivity index (χ2v) is 4.81. The van der Waals surface area contributed by atoms with Crippen LogP contribution < -0.4 is 5.73 Å². The molecule has 1 rings (SSSR count). The van der Waals surface area contributed by atoms with E-state index in [1.54, 1.807) is 0 Å². The fourth-order valence-corrected chi connectivity index (χ4v) is 2.35. The highest BCUT2D eigenvalue weighted by atomic mass is 35.5. The smallest absolute Gasteiger partial charge is 0.307 e. The zero-order chi connectivity index (χ0) is 8.65. The molecule has 0 bridgehead atoms. The Morgan fingerprint density at radius 1 is 1.64 bits per heavy atom. The second kappa shape index (κ2) is 2.59. The van der Waals surface area contributed by atoms with Gasteiger partial charge < -0.3 is 5.73 Å². The molecular weight excluding hydrogens is 212 g/mol. The third-order valence-corrected chi connectivity index (χ3v) is 3.36. The van der Waals surface area contributed by atoms with Gasteiger partial charge >= 0.3 is 10.1 Å². The lowest BCUT2D eigenvalue weighted by atomic mass is 10.8. The summed E-state index contributed by atoms with van der Waals surface area (Å²) in [5.74, 6) is -0.275. The molecule has 1 aromatic heterocycles. The number of nitrogens with zero attached hydrogens (tertiary/aromatic N) is 1. The molecule has 0 saturated heterocycles. The molecule has 0 fully saturated rings. The largest absolute Gasteiger partial charge is 0.382 e. The number of nitrogen functional groups attached to an aromatic ring is 1. The van der Waals surface area contributed by atoms with Crippen LogP contribution in [0.2, 0.25) is 4.47 Å². The molecule has 0 aliphatic carbocycles. The van der Waals surface area contributed by atoms with Gasteiger partial charge in [0.05, 0.1) is 0 Å². The van der Waals surface area contributed by atoms with Crippen molar-refractivity contribution in [1.29, 1.82) is 0 Å². The van der Waals surface area contributed by atoms with Gasteiger partial charge in [-0.05, 0) is 0 Å². The quantitative estimate of drug-likeness (QED) is 0.669. The SMILES string of the molecule is Nc1nc(Cl)sc1S(=O)(=O)O. The summed E-state index contributed by atoms with van der Waals surface area (Å²) in [6.45, 7) is 0. The molecule has 5 nitrogen and oxygen atoms in total. The number of nitrogens with two attached hydrogens (primary N) is 1. The maximum absolute atomic E-state index is 10.5. The summed E-state index contributed by atoms with van der Waals surface area (Å²) in [5, 5.41) is 0. The molecule has 0 radical (unpaired) electrons. The van der Waals surface area contributed by atoms with Gasteiger partial charge in [-0.15, -0.1) is 0 Å². The number of anilines is 1. The summed E-state index contributed by atoms with van der Waals surface area (Å²) in [7, 11) is -4.27. The Balaban J connectivity index is 3.36. The van der Waals surface area contributed by atoms with Gasteiger partial charge in [-0.2, -0.15) is 8.42 Å². The summed E-state index contributed by atoms with van der Waals surface area (Å²) < 4.78 is 29.0. The molecular formula is C3H3ClN2O3S2. The second-order valence-electron chi connectivity index (χ2n) is 1.61. The van der Waals surface area contributed by atoms with Gasteiger partial charge in [0.1, 0.15) is 0 Å². The summed E-state index contributed by atoms with van der Waals surface area (Å²) >= 11 is 5.94. The van der Waals surface area contributed by atoms with Crippen LogP contribution in [0, 0.1) is 0 Å². The third-order valence-electron chi connectivity index (χ3n) is 0.829. The molecule has 0 spiro atoms. The zero-order valence-electron chi connectivity index (χ0n) is 4.98. The van der Waals surface area contributed by atoms with Crippen molar-refractivity contribution in [3.05, 3.63) is 4.47 Å². The topological polar surface area (TPSA) is 93.3 Å². The maximum atomic E-state index is 10.5. The van der Waals surface area contributed by atoms with Crippen LogP contribution >= 0.6 is 22.9 Å². The molecule has 8 heteroatoms. The molecule has 0 atom stereocenters. The van der Waals surface area contributed by atoms with Crippen molar-refractivity contribution in [2.24, 2.45) is 0 Å². The van der Waals surface area contributed by atoms with E-state index in [-0.39, 0.29) is 10.3 Å². The van der Waals surface area contributed by atoms with Crippen LogP contribution in [0.4, 0.5) is 5.82 Å². The Morgan fingerprint density at radius 3 is 2.36 bits per heavy atom. The van der Waals surface area contributed by atoms with Gasteiger partial charge in [-0.3, -0.25) is 4.55 Å². The van der Waals surface area contributed by atoms with E-state index in [2.05, 4.69) is 4.98 Å². The molecule has 3 N–H and O–H groups in total. The van der Waals surface area contributed by atoms with E-state index in [0.29, 0.717) is 11.3 Å². The Kier molecular flexibility index (Phi) is 2.06.